The van der Waals surface area contributed by atoms with Gasteiger partial charge in [0, 0.05) is 0 Å². The Bertz CT molecular complexity index is 205. The highest BCUT2D eigenvalue weighted by atomic mass is 16.6. The van der Waals surface area contributed by atoms with E-state index in [2.05, 4.69) is 0 Å². The lowest BCUT2D eigenvalue weighted by Gasteiger charge is -2.19. The summed E-state index contributed by atoms with van der Waals surface area (Å²) in [5, 5.41) is 0. The first-order valence-corrected chi connectivity index (χ1v) is 6.12. The average Bonchev–Trinajstić information content (AvgIpc) is 2.70. The van der Waals surface area contributed by atoms with Gasteiger partial charge in [-0.3, -0.25) is 0 Å². The van der Waals surface area contributed by atoms with Gasteiger partial charge in [0.2, 0.25) is 0 Å². The van der Waals surface area contributed by atoms with Crippen LogP contribution in [0.25, 0.3) is 0 Å². The van der Waals surface area contributed by atoms with Crippen LogP contribution in [0.4, 0.5) is 0 Å². The van der Waals surface area contributed by atoms with Gasteiger partial charge in [-0.25, -0.2) is 0 Å². The predicted octanol–water partition coefficient (Wildman–Crippen LogP) is 1.37. The van der Waals surface area contributed by atoms with Crippen LogP contribution in [-0.4, -0.2) is 49.8 Å². The molecule has 4 atom stereocenters. The lowest BCUT2D eigenvalue weighted by atomic mass is 10.1. The standard InChI is InChI=1S/C12H22O4/c1-7(2)15-9-5-13-12-10(16-8(3)4)6-14-11(9)12/h7-12H,5-6H2,1-4H3/t9-,10-,11-,12-/m1/s1. The van der Waals surface area contributed by atoms with E-state index in [0.717, 1.165) is 0 Å². The summed E-state index contributed by atoms with van der Waals surface area (Å²) in [4.78, 5) is 0. The molecule has 0 unspecified atom stereocenters. The highest BCUT2D eigenvalue weighted by molar-refractivity contribution is 4.96. The number of hydrogen-bond acceptors (Lipinski definition) is 4. The van der Waals surface area contributed by atoms with E-state index in [9.17, 15) is 0 Å². The lowest BCUT2D eigenvalue weighted by Crippen LogP contribution is -2.35. The first-order chi connectivity index (χ1) is 7.58. The summed E-state index contributed by atoms with van der Waals surface area (Å²) in [6, 6.07) is 0. The fourth-order valence-electron chi connectivity index (χ4n) is 2.36. The molecule has 0 spiro atoms. The zero-order valence-corrected chi connectivity index (χ0v) is 10.5. The molecular formula is C12H22O4. The summed E-state index contributed by atoms with van der Waals surface area (Å²) >= 11 is 0. The van der Waals surface area contributed by atoms with Crippen molar-refractivity contribution in [2.45, 2.75) is 64.3 Å². The van der Waals surface area contributed by atoms with Crippen molar-refractivity contribution in [2.24, 2.45) is 0 Å². The van der Waals surface area contributed by atoms with Crippen LogP contribution in [0.3, 0.4) is 0 Å². The van der Waals surface area contributed by atoms with Crippen LogP contribution in [0.2, 0.25) is 0 Å². The monoisotopic (exact) mass is 230 g/mol. The van der Waals surface area contributed by atoms with Gasteiger partial charge in [-0.15, -0.1) is 0 Å². The second-order valence-electron chi connectivity index (χ2n) is 5.04. The topological polar surface area (TPSA) is 36.9 Å². The molecule has 2 heterocycles. The average molecular weight is 230 g/mol. The van der Waals surface area contributed by atoms with Crippen molar-refractivity contribution in [3.63, 3.8) is 0 Å². The van der Waals surface area contributed by atoms with Crippen molar-refractivity contribution < 1.29 is 18.9 Å². The number of ether oxygens (including phenoxy) is 4. The second kappa shape index (κ2) is 5.00. The van der Waals surface area contributed by atoms with E-state index in [1.165, 1.54) is 0 Å². The molecule has 0 amide bonds. The Morgan fingerprint density at radius 3 is 1.50 bits per heavy atom. The van der Waals surface area contributed by atoms with Crippen LogP contribution in [0.5, 0.6) is 0 Å². The Hall–Kier alpha value is -0.160. The van der Waals surface area contributed by atoms with Crippen LogP contribution in [0, 0.1) is 0 Å². The van der Waals surface area contributed by atoms with E-state index < -0.39 is 0 Å². The predicted molar refractivity (Wildman–Crippen MR) is 59.5 cm³/mol. The summed E-state index contributed by atoms with van der Waals surface area (Å²) in [6.45, 7) is 9.36. The van der Waals surface area contributed by atoms with Crippen molar-refractivity contribution in [1.29, 1.82) is 0 Å². The van der Waals surface area contributed by atoms with Crippen molar-refractivity contribution in [2.75, 3.05) is 13.2 Å². The van der Waals surface area contributed by atoms with Crippen molar-refractivity contribution >= 4 is 0 Å². The molecule has 0 bridgehead atoms. The van der Waals surface area contributed by atoms with Gasteiger partial charge in [0.1, 0.15) is 24.4 Å². The van der Waals surface area contributed by atoms with Gasteiger partial charge in [0.25, 0.3) is 0 Å². The molecule has 0 N–H and O–H groups in total. The molecule has 16 heavy (non-hydrogen) atoms. The third-order valence-corrected chi connectivity index (χ3v) is 2.86. The summed E-state index contributed by atoms with van der Waals surface area (Å²) in [5.74, 6) is 0. The van der Waals surface area contributed by atoms with Crippen LogP contribution in [-0.2, 0) is 18.9 Å². The van der Waals surface area contributed by atoms with Gasteiger partial charge < -0.3 is 18.9 Å². The summed E-state index contributed by atoms with van der Waals surface area (Å²) in [5.41, 5.74) is 0. The zero-order valence-electron chi connectivity index (χ0n) is 10.5. The maximum absolute atomic E-state index is 5.77. The molecule has 2 saturated heterocycles. The molecule has 4 heteroatoms. The third kappa shape index (κ3) is 2.56. The van der Waals surface area contributed by atoms with E-state index in [4.69, 9.17) is 18.9 Å². The molecule has 2 aliphatic rings. The van der Waals surface area contributed by atoms with Crippen molar-refractivity contribution in [1.82, 2.24) is 0 Å². The fraction of sp³-hybridized carbons (Fsp3) is 1.00. The second-order valence-corrected chi connectivity index (χ2v) is 5.04. The summed E-state index contributed by atoms with van der Waals surface area (Å²) < 4.78 is 23.0. The SMILES string of the molecule is CC(C)O[C@@H]1CO[C@H]2[C@@H]1OC[C@H]2OC(C)C. The van der Waals surface area contributed by atoms with E-state index in [1.54, 1.807) is 0 Å². The Morgan fingerprint density at radius 1 is 0.812 bits per heavy atom. The van der Waals surface area contributed by atoms with E-state index in [0.29, 0.717) is 13.2 Å². The molecule has 4 nitrogen and oxygen atoms in total. The van der Waals surface area contributed by atoms with Gasteiger partial charge >= 0.3 is 0 Å². The minimum absolute atomic E-state index is 0.0474. The normalized spacial score (nSPS) is 38.6. The molecule has 0 aromatic rings. The van der Waals surface area contributed by atoms with E-state index >= 15 is 0 Å². The molecule has 0 aromatic heterocycles. The molecule has 2 fully saturated rings. The minimum Gasteiger partial charge on any atom is -0.370 e. The van der Waals surface area contributed by atoms with E-state index in [-0.39, 0.29) is 36.6 Å². The molecule has 0 aliphatic carbocycles. The quantitative estimate of drug-likeness (QED) is 0.731. The first-order valence-electron chi connectivity index (χ1n) is 6.12. The van der Waals surface area contributed by atoms with Crippen LogP contribution < -0.4 is 0 Å². The van der Waals surface area contributed by atoms with Crippen LogP contribution in [0.1, 0.15) is 27.7 Å². The first kappa shape index (κ1) is 12.3. The number of rotatable bonds is 4. The smallest absolute Gasteiger partial charge is 0.115 e. The van der Waals surface area contributed by atoms with Crippen molar-refractivity contribution in [3.8, 4) is 0 Å². The Morgan fingerprint density at radius 2 is 1.19 bits per heavy atom. The third-order valence-electron chi connectivity index (χ3n) is 2.86. The van der Waals surface area contributed by atoms with Crippen LogP contribution in [0.15, 0.2) is 0 Å². The lowest BCUT2D eigenvalue weighted by molar-refractivity contribution is -0.0753. The number of fused-ring (bicyclic) bond motifs is 1. The molecule has 94 valence electrons. The Kier molecular flexibility index (Phi) is 3.85. The van der Waals surface area contributed by atoms with Gasteiger partial charge in [-0.05, 0) is 27.7 Å². The largest absolute Gasteiger partial charge is 0.370 e. The highest BCUT2D eigenvalue weighted by Crippen LogP contribution is 2.31. The molecule has 2 rings (SSSR count). The molecule has 2 aliphatic heterocycles. The zero-order chi connectivity index (χ0) is 11.7. The van der Waals surface area contributed by atoms with Crippen molar-refractivity contribution in [3.05, 3.63) is 0 Å². The molecule has 0 aromatic carbocycles. The molecule has 0 saturated carbocycles. The molecule has 0 radical (unpaired) electrons. The Labute approximate surface area is 97.2 Å². The number of hydrogen-bond donors (Lipinski definition) is 0. The molecular weight excluding hydrogens is 208 g/mol. The van der Waals surface area contributed by atoms with E-state index in [1.807, 2.05) is 27.7 Å². The van der Waals surface area contributed by atoms with Gasteiger partial charge in [0.05, 0.1) is 25.4 Å². The minimum atomic E-state index is 0.0474. The maximum Gasteiger partial charge on any atom is 0.115 e. The summed E-state index contributed by atoms with van der Waals surface area (Å²) in [6.07, 6.45) is 0.635. The highest BCUT2D eigenvalue weighted by Gasteiger charge is 2.49. The fourth-order valence-corrected chi connectivity index (χ4v) is 2.36. The Balaban J connectivity index is 1.90. The summed E-state index contributed by atoms with van der Waals surface area (Å²) in [7, 11) is 0. The van der Waals surface area contributed by atoms with Gasteiger partial charge in [-0.2, -0.15) is 0 Å². The van der Waals surface area contributed by atoms with Gasteiger partial charge in [-0.1, -0.05) is 0 Å². The van der Waals surface area contributed by atoms with Crippen LogP contribution >= 0.6 is 0 Å². The maximum atomic E-state index is 5.77. The van der Waals surface area contributed by atoms with Gasteiger partial charge in [0.15, 0.2) is 0 Å².